The normalized spacial score (nSPS) is 20.2. The molecule has 0 spiro atoms. The lowest BCUT2D eigenvalue weighted by Crippen LogP contribution is -2.28. The summed E-state index contributed by atoms with van der Waals surface area (Å²) in [6.07, 6.45) is 2.73. The molecular weight excluding hydrogens is 174 g/mol. The van der Waals surface area contributed by atoms with Crippen molar-refractivity contribution in [2.75, 3.05) is 25.1 Å². The lowest BCUT2D eigenvalue weighted by atomic mass is 10.1. The second-order valence-corrected chi connectivity index (χ2v) is 4.27. The van der Waals surface area contributed by atoms with Crippen LogP contribution >= 0.6 is 0 Å². The van der Waals surface area contributed by atoms with Crippen LogP contribution in [0.5, 0.6) is 5.75 Å². The summed E-state index contributed by atoms with van der Waals surface area (Å²) in [4.78, 5) is 2.28. The van der Waals surface area contributed by atoms with Crippen LogP contribution in [0.4, 0.5) is 5.69 Å². The summed E-state index contributed by atoms with van der Waals surface area (Å²) in [5, 5.41) is 0. The summed E-state index contributed by atoms with van der Waals surface area (Å²) >= 11 is 0. The Morgan fingerprint density at radius 1 is 1.36 bits per heavy atom. The number of hydrogen-bond donors (Lipinski definition) is 0. The maximum absolute atomic E-state index is 5.61. The molecule has 1 aromatic rings. The topological polar surface area (TPSA) is 12.5 Å². The fourth-order valence-electron chi connectivity index (χ4n) is 2.04. The monoisotopic (exact) mass is 189 g/mol. The summed E-state index contributed by atoms with van der Waals surface area (Å²) in [7, 11) is 2.14. The van der Waals surface area contributed by atoms with E-state index < -0.39 is 0 Å². The van der Waals surface area contributed by atoms with Gasteiger partial charge in [0, 0.05) is 7.05 Å². The summed E-state index contributed by atoms with van der Waals surface area (Å²) < 4.78 is 5.61. The summed E-state index contributed by atoms with van der Waals surface area (Å²) in [6, 6.07) is 6.64. The molecule has 1 saturated carbocycles. The molecule has 2 aliphatic rings. The number of fused-ring (bicyclic) bond motifs is 1. The molecule has 0 aromatic heterocycles. The summed E-state index contributed by atoms with van der Waals surface area (Å²) in [6.45, 7) is 1.81. The first-order valence-electron chi connectivity index (χ1n) is 5.32. The zero-order chi connectivity index (χ0) is 9.54. The van der Waals surface area contributed by atoms with Gasteiger partial charge in [0.2, 0.25) is 0 Å². The van der Waals surface area contributed by atoms with Crippen molar-refractivity contribution in [1.82, 2.24) is 0 Å². The van der Waals surface area contributed by atoms with E-state index in [-0.39, 0.29) is 0 Å². The highest BCUT2D eigenvalue weighted by molar-refractivity contribution is 5.61. The van der Waals surface area contributed by atoms with E-state index in [0.717, 1.165) is 24.8 Å². The fourth-order valence-corrected chi connectivity index (χ4v) is 2.04. The second-order valence-electron chi connectivity index (χ2n) is 4.27. The number of likely N-dealkylation sites (N-methyl/N-ethyl adjacent to an activating group) is 1. The van der Waals surface area contributed by atoms with Gasteiger partial charge in [-0.3, -0.25) is 0 Å². The van der Waals surface area contributed by atoms with E-state index in [4.69, 9.17) is 4.74 Å². The molecule has 1 heterocycles. The lowest BCUT2D eigenvalue weighted by molar-refractivity contribution is 0.311. The Balaban J connectivity index is 2.01. The standard InChI is InChI=1S/C12H15NO/c1-13-6-7-14-12-5-4-10(8-11(12)13)9-2-3-9/h4-5,8-9H,2-3,6-7H2,1H3. The predicted molar refractivity (Wildman–Crippen MR) is 57.2 cm³/mol. The van der Waals surface area contributed by atoms with Crippen molar-refractivity contribution in [3.8, 4) is 5.75 Å². The zero-order valence-corrected chi connectivity index (χ0v) is 8.49. The molecule has 1 aliphatic carbocycles. The maximum atomic E-state index is 5.61. The van der Waals surface area contributed by atoms with Crippen LogP contribution in [0.25, 0.3) is 0 Å². The van der Waals surface area contributed by atoms with Gasteiger partial charge < -0.3 is 9.64 Å². The number of ether oxygens (including phenoxy) is 1. The van der Waals surface area contributed by atoms with E-state index >= 15 is 0 Å². The van der Waals surface area contributed by atoms with Crippen LogP contribution < -0.4 is 9.64 Å². The Hall–Kier alpha value is -1.18. The van der Waals surface area contributed by atoms with E-state index in [0.29, 0.717) is 0 Å². The molecule has 2 heteroatoms. The van der Waals surface area contributed by atoms with E-state index in [9.17, 15) is 0 Å². The third kappa shape index (κ3) is 1.26. The molecule has 1 aromatic carbocycles. The van der Waals surface area contributed by atoms with Gasteiger partial charge in [-0.2, -0.15) is 0 Å². The SMILES string of the molecule is CN1CCOc2ccc(C3CC3)cc21. The molecule has 14 heavy (non-hydrogen) atoms. The highest BCUT2D eigenvalue weighted by atomic mass is 16.5. The van der Waals surface area contributed by atoms with Crippen LogP contribution in [0, 0.1) is 0 Å². The second kappa shape index (κ2) is 2.91. The van der Waals surface area contributed by atoms with Crippen molar-refractivity contribution in [1.29, 1.82) is 0 Å². The Kier molecular flexibility index (Phi) is 1.69. The van der Waals surface area contributed by atoms with Crippen LogP contribution in [0.3, 0.4) is 0 Å². The Morgan fingerprint density at radius 2 is 2.21 bits per heavy atom. The van der Waals surface area contributed by atoms with Crippen LogP contribution in [-0.2, 0) is 0 Å². The molecular formula is C12H15NO. The Labute approximate surface area is 84.5 Å². The van der Waals surface area contributed by atoms with E-state index in [1.165, 1.54) is 24.1 Å². The highest BCUT2D eigenvalue weighted by Crippen LogP contribution is 2.43. The largest absolute Gasteiger partial charge is 0.490 e. The van der Waals surface area contributed by atoms with Crippen molar-refractivity contribution < 1.29 is 4.74 Å². The van der Waals surface area contributed by atoms with Crippen molar-refractivity contribution in [3.63, 3.8) is 0 Å². The van der Waals surface area contributed by atoms with Crippen molar-refractivity contribution in [3.05, 3.63) is 23.8 Å². The van der Waals surface area contributed by atoms with Gasteiger partial charge in [0.1, 0.15) is 12.4 Å². The van der Waals surface area contributed by atoms with Gasteiger partial charge in [0.15, 0.2) is 0 Å². The van der Waals surface area contributed by atoms with Gasteiger partial charge in [-0.15, -0.1) is 0 Å². The molecule has 0 N–H and O–H groups in total. The fraction of sp³-hybridized carbons (Fsp3) is 0.500. The molecule has 0 radical (unpaired) electrons. The summed E-state index contributed by atoms with van der Waals surface area (Å²) in [5.41, 5.74) is 2.75. The Bertz CT molecular complexity index is 357. The van der Waals surface area contributed by atoms with Gasteiger partial charge in [-0.05, 0) is 36.5 Å². The minimum atomic E-state index is 0.812. The maximum Gasteiger partial charge on any atom is 0.142 e. The molecule has 1 aliphatic heterocycles. The molecule has 0 bridgehead atoms. The first-order valence-corrected chi connectivity index (χ1v) is 5.32. The average Bonchev–Trinajstić information content (AvgIpc) is 3.01. The smallest absolute Gasteiger partial charge is 0.142 e. The summed E-state index contributed by atoms with van der Waals surface area (Å²) in [5.74, 6) is 1.87. The number of anilines is 1. The van der Waals surface area contributed by atoms with E-state index in [2.05, 4.69) is 30.1 Å². The third-order valence-electron chi connectivity index (χ3n) is 3.13. The molecule has 0 atom stereocenters. The van der Waals surface area contributed by atoms with Crippen LogP contribution in [0.2, 0.25) is 0 Å². The van der Waals surface area contributed by atoms with Crippen molar-refractivity contribution in [2.24, 2.45) is 0 Å². The first-order chi connectivity index (χ1) is 6.84. The van der Waals surface area contributed by atoms with E-state index in [1.54, 1.807) is 0 Å². The quantitative estimate of drug-likeness (QED) is 0.672. The third-order valence-corrected chi connectivity index (χ3v) is 3.13. The molecule has 3 rings (SSSR count). The van der Waals surface area contributed by atoms with Gasteiger partial charge in [0.05, 0.1) is 12.2 Å². The van der Waals surface area contributed by atoms with Crippen LogP contribution in [0.15, 0.2) is 18.2 Å². The number of nitrogens with zero attached hydrogens (tertiary/aromatic N) is 1. The average molecular weight is 189 g/mol. The Morgan fingerprint density at radius 3 is 3.00 bits per heavy atom. The highest BCUT2D eigenvalue weighted by Gasteiger charge is 2.25. The van der Waals surface area contributed by atoms with E-state index in [1.807, 2.05) is 0 Å². The van der Waals surface area contributed by atoms with Crippen molar-refractivity contribution >= 4 is 5.69 Å². The van der Waals surface area contributed by atoms with Gasteiger partial charge in [-0.1, -0.05) is 6.07 Å². The molecule has 0 unspecified atom stereocenters. The number of rotatable bonds is 1. The molecule has 1 fully saturated rings. The van der Waals surface area contributed by atoms with Gasteiger partial charge in [0.25, 0.3) is 0 Å². The van der Waals surface area contributed by atoms with Crippen molar-refractivity contribution in [2.45, 2.75) is 18.8 Å². The zero-order valence-electron chi connectivity index (χ0n) is 8.49. The molecule has 74 valence electrons. The van der Waals surface area contributed by atoms with Crippen LogP contribution in [-0.4, -0.2) is 20.2 Å². The first kappa shape index (κ1) is 8.16. The molecule has 0 amide bonds. The minimum Gasteiger partial charge on any atom is -0.490 e. The van der Waals surface area contributed by atoms with Gasteiger partial charge in [-0.25, -0.2) is 0 Å². The predicted octanol–water partition coefficient (Wildman–Crippen LogP) is 2.39. The minimum absolute atomic E-state index is 0.812. The number of benzene rings is 1. The van der Waals surface area contributed by atoms with Crippen LogP contribution in [0.1, 0.15) is 24.3 Å². The van der Waals surface area contributed by atoms with Gasteiger partial charge >= 0.3 is 0 Å². The number of hydrogen-bond acceptors (Lipinski definition) is 2. The molecule has 2 nitrogen and oxygen atoms in total. The lowest BCUT2D eigenvalue weighted by Gasteiger charge is -2.28. The molecule has 0 saturated heterocycles.